The normalized spacial score (nSPS) is 17.8. The third kappa shape index (κ3) is 5.86. The van der Waals surface area contributed by atoms with Crippen LogP contribution in [0.25, 0.3) is 0 Å². The molecule has 4 rings (SSSR count). The summed E-state index contributed by atoms with van der Waals surface area (Å²) in [7, 11) is 0. The average Bonchev–Trinajstić information content (AvgIpc) is 2.84. The molecule has 0 aromatic heterocycles. The van der Waals surface area contributed by atoms with Gasteiger partial charge in [-0.15, -0.1) is 0 Å². The lowest BCUT2D eigenvalue weighted by Gasteiger charge is -2.35. The Bertz CT molecular complexity index is 905. The molecule has 1 aliphatic carbocycles. The van der Waals surface area contributed by atoms with E-state index in [1.807, 2.05) is 29.2 Å². The van der Waals surface area contributed by atoms with Crippen LogP contribution in [0.15, 0.2) is 48.5 Å². The minimum Gasteiger partial charge on any atom is -0.489 e. The minimum atomic E-state index is 0.0799. The average molecular weight is 419 g/mol. The Hall–Kier alpha value is -2.84. The summed E-state index contributed by atoms with van der Waals surface area (Å²) in [6.07, 6.45) is 8.85. The van der Waals surface area contributed by atoms with Crippen molar-refractivity contribution in [2.45, 2.75) is 63.8 Å². The van der Waals surface area contributed by atoms with E-state index in [0.29, 0.717) is 35.7 Å². The molecule has 1 heterocycles. The van der Waals surface area contributed by atoms with Crippen LogP contribution in [-0.2, 0) is 11.3 Å². The highest BCUT2D eigenvalue weighted by Crippen LogP contribution is 2.25. The van der Waals surface area contributed by atoms with Crippen molar-refractivity contribution in [2.75, 3.05) is 13.1 Å². The summed E-state index contributed by atoms with van der Waals surface area (Å²) in [4.78, 5) is 15.0. The number of rotatable bonds is 6. The zero-order chi connectivity index (χ0) is 21.5. The molecule has 162 valence electrons. The summed E-state index contributed by atoms with van der Waals surface area (Å²) >= 11 is 0. The highest BCUT2D eigenvalue weighted by molar-refractivity contribution is 5.94. The topological polar surface area (TPSA) is 62.6 Å². The van der Waals surface area contributed by atoms with Gasteiger partial charge < -0.3 is 14.4 Å². The number of amides is 1. The second-order valence-corrected chi connectivity index (χ2v) is 8.51. The third-order valence-electron chi connectivity index (χ3n) is 6.23. The molecule has 1 aliphatic heterocycles. The number of hydrogen-bond donors (Lipinski definition) is 0. The van der Waals surface area contributed by atoms with Gasteiger partial charge >= 0.3 is 0 Å². The van der Waals surface area contributed by atoms with Gasteiger partial charge in [-0.3, -0.25) is 4.79 Å². The first kappa shape index (κ1) is 21.4. The van der Waals surface area contributed by atoms with Crippen LogP contribution in [0.2, 0.25) is 0 Å². The maximum absolute atomic E-state index is 13.0. The van der Waals surface area contributed by atoms with Gasteiger partial charge in [0.05, 0.1) is 23.8 Å². The molecule has 1 amide bonds. The first-order chi connectivity index (χ1) is 15.2. The fraction of sp³-hybridized carbons (Fsp3) is 0.462. The molecule has 0 atom stereocenters. The zero-order valence-corrected chi connectivity index (χ0v) is 18.0. The summed E-state index contributed by atoms with van der Waals surface area (Å²) < 4.78 is 12.1. The van der Waals surface area contributed by atoms with E-state index in [1.165, 1.54) is 32.1 Å². The predicted octanol–water partition coefficient (Wildman–Crippen LogP) is 5.09. The van der Waals surface area contributed by atoms with Crippen LogP contribution >= 0.6 is 0 Å². The molecule has 5 nitrogen and oxygen atoms in total. The molecule has 2 aliphatic rings. The van der Waals surface area contributed by atoms with Gasteiger partial charge in [-0.05, 0) is 67.6 Å². The van der Waals surface area contributed by atoms with E-state index in [4.69, 9.17) is 14.7 Å². The van der Waals surface area contributed by atoms with E-state index in [2.05, 4.69) is 6.07 Å². The van der Waals surface area contributed by atoms with Gasteiger partial charge in [0.25, 0.3) is 5.91 Å². The lowest BCUT2D eigenvalue weighted by molar-refractivity contribution is -0.0527. The summed E-state index contributed by atoms with van der Waals surface area (Å²) in [5.74, 6) is 0.784. The Balaban J connectivity index is 1.28. The molecule has 1 saturated heterocycles. The van der Waals surface area contributed by atoms with Gasteiger partial charge in [-0.2, -0.15) is 5.26 Å². The Kier molecular flexibility index (Phi) is 7.22. The van der Waals surface area contributed by atoms with Crippen molar-refractivity contribution < 1.29 is 14.3 Å². The Labute approximate surface area is 184 Å². The van der Waals surface area contributed by atoms with Gasteiger partial charge in [-0.25, -0.2) is 0 Å². The smallest absolute Gasteiger partial charge is 0.253 e. The van der Waals surface area contributed by atoms with Crippen molar-refractivity contribution >= 4 is 5.91 Å². The van der Waals surface area contributed by atoms with Gasteiger partial charge in [0.1, 0.15) is 12.4 Å². The zero-order valence-electron chi connectivity index (χ0n) is 18.0. The van der Waals surface area contributed by atoms with Gasteiger partial charge in [0, 0.05) is 18.7 Å². The largest absolute Gasteiger partial charge is 0.489 e. The number of ether oxygens (including phenoxy) is 2. The number of likely N-dealkylation sites (tertiary alicyclic amines) is 1. The van der Waals surface area contributed by atoms with E-state index in [9.17, 15) is 4.79 Å². The highest BCUT2D eigenvalue weighted by Gasteiger charge is 2.26. The molecule has 5 heteroatoms. The highest BCUT2D eigenvalue weighted by atomic mass is 16.5. The predicted molar refractivity (Wildman–Crippen MR) is 119 cm³/mol. The quantitative estimate of drug-likeness (QED) is 0.655. The molecule has 2 aromatic rings. The lowest BCUT2D eigenvalue weighted by atomic mass is 9.97. The van der Waals surface area contributed by atoms with Crippen molar-refractivity contribution in [3.63, 3.8) is 0 Å². The summed E-state index contributed by atoms with van der Waals surface area (Å²) in [5, 5.41) is 8.88. The van der Waals surface area contributed by atoms with Crippen molar-refractivity contribution in [3.05, 3.63) is 65.2 Å². The van der Waals surface area contributed by atoms with Crippen molar-refractivity contribution in [1.29, 1.82) is 5.26 Å². The second kappa shape index (κ2) is 10.5. The third-order valence-corrected chi connectivity index (χ3v) is 6.23. The van der Waals surface area contributed by atoms with Gasteiger partial charge in [0.15, 0.2) is 0 Å². The number of carbonyl (C=O) groups is 1. The standard InChI is InChI=1S/C26H30N2O3/c27-18-20-9-11-23(12-10-20)30-19-21-5-4-6-22(17-21)26(29)28-15-13-25(14-16-28)31-24-7-2-1-3-8-24/h4-6,9-12,17,24-25H,1-3,7-8,13-16,19H2. The molecule has 2 fully saturated rings. The minimum absolute atomic E-state index is 0.0799. The molecule has 0 radical (unpaired) electrons. The fourth-order valence-electron chi connectivity index (χ4n) is 4.44. The Morgan fingerprint density at radius 2 is 1.68 bits per heavy atom. The molecule has 0 bridgehead atoms. The van der Waals surface area contributed by atoms with Crippen LogP contribution < -0.4 is 4.74 Å². The number of nitrogens with zero attached hydrogens (tertiary/aromatic N) is 2. The van der Waals surface area contributed by atoms with Crippen LogP contribution in [0.4, 0.5) is 0 Å². The summed E-state index contributed by atoms with van der Waals surface area (Å²) in [5.41, 5.74) is 2.26. The molecular formula is C26H30N2O3. The first-order valence-electron chi connectivity index (χ1n) is 11.4. The number of nitriles is 1. The number of hydrogen-bond acceptors (Lipinski definition) is 4. The SMILES string of the molecule is N#Cc1ccc(OCc2cccc(C(=O)N3CCC(OC4CCCCC4)CC3)c2)cc1. The van der Waals surface area contributed by atoms with Crippen LogP contribution in [-0.4, -0.2) is 36.1 Å². The van der Waals surface area contributed by atoms with Crippen LogP contribution in [0.3, 0.4) is 0 Å². The number of benzene rings is 2. The molecule has 0 spiro atoms. The number of piperidine rings is 1. The van der Waals surface area contributed by atoms with E-state index in [-0.39, 0.29) is 5.91 Å². The summed E-state index contributed by atoms with van der Waals surface area (Å²) in [6, 6.07) is 16.8. The monoisotopic (exact) mass is 418 g/mol. The van der Waals surface area contributed by atoms with E-state index < -0.39 is 0 Å². The second-order valence-electron chi connectivity index (χ2n) is 8.51. The fourth-order valence-corrected chi connectivity index (χ4v) is 4.44. The van der Waals surface area contributed by atoms with Crippen LogP contribution in [0.5, 0.6) is 5.75 Å². The molecule has 2 aromatic carbocycles. The maximum atomic E-state index is 13.0. The van der Waals surface area contributed by atoms with Crippen LogP contribution in [0.1, 0.15) is 66.4 Å². The van der Waals surface area contributed by atoms with E-state index in [1.54, 1.807) is 24.3 Å². The van der Waals surface area contributed by atoms with E-state index in [0.717, 1.165) is 31.5 Å². The van der Waals surface area contributed by atoms with Gasteiger partial charge in [-0.1, -0.05) is 31.4 Å². The lowest BCUT2D eigenvalue weighted by Crippen LogP contribution is -2.42. The molecule has 31 heavy (non-hydrogen) atoms. The molecule has 0 unspecified atom stereocenters. The Morgan fingerprint density at radius 1 is 0.968 bits per heavy atom. The number of carbonyl (C=O) groups excluding carboxylic acids is 1. The van der Waals surface area contributed by atoms with Crippen molar-refractivity contribution in [3.8, 4) is 11.8 Å². The van der Waals surface area contributed by atoms with Gasteiger partial charge in [0.2, 0.25) is 0 Å². The van der Waals surface area contributed by atoms with Crippen molar-refractivity contribution in [2.24, 2.45) is 0 Å². The van der Waals surface area contributed by atoms with Crippen LogP contribution in [0, 0.1) is 11.3 Å². The maximum Gasteiger partial charge on any atom is 0.253 e. The van der Waals surface area contributed by atoms with E-state index >= 15 is 0 Å². The first-order valence-corrected chi connectivity index (χ1v) is 11.4. The molecular weight excluding hydrogens is 388 g/mol. The summed E-state index contributed by atoms with van der Waals surface area (Å²) in [6.45, 7) is 1.88. The Morgan fingerprint density at radius 3 is 2.39 bits per heavy atom. The van der Waals surface area contributed by atoms with Crippen molar-refractivity contribution in [1.82, 2.24) is 4.90 Å². The molecule has 1 saturated carbocycles. The molecule has 0 N–H and O–H groups in total.